The van der Waals surface area contributed by atoms with Crippen LogP contribution in [0.25, 0.3) is 11.4 Å². The predicted molar refractivity (Wildman–Crippen MR) is 84.3 cm³/mol. The number of hydrogen-bond acceptors (Lipinski definition) is 5. The summed E-state index contributed by atoms with van der Waals surface area (Å²) in [5, 5.41) is 2.01. The summed E-state index contributed by atoms with van der Waals surface area (Å²) in [6, 6.07) is 7.79. The molecule has 112 valence electrons. The smallest absolute Gasteiger partial charge is 0.161 e. The van der Waals surface area contributed by atoms with Crippen LogP contribution < -0.4 is 9.47 Å². The zero-order valence-electron chi connectivity index (χ0n) is 11.9. The van der Waals surface area contributed by atoms with Crippen molar-refractivity contribution in [1.29, 1.82) is 0 Å². The molecule has 1 aromatic carbocycles. The molecule has 0 spiro atoms. The lowest BCUT2D eigenvalue weighted by molar-refractivity contribution is 0.0817. The SMILES string of the molecule is c1ccc2c(c1)OCC(CCn1ccnc1-c1cnsc1)O2. The van der Waals surface area contributed by atoms with Gasteiger partial charge in [-0.25, -0.2) is 9.36 Å². The van der Waals surface area contributed by atoms with Gasteiger partial charge < -0.3 is 14.0 Å². The summed E-state index contributed by atoms with van der Waals surface area (Å²) in [6.07, 6.45) is 6.59. The Balaban J connectivity index is 1.43. The monoisotopic (exact) mass is 313 g/mol. The van der Waals surface area contributed by atoms with Gasteiger partial charge in [-0.15, -0.1) is 0 Å². The average molecular weight is 313 g/mol. The van der Waals surface area contributed by atoms with Crippen LogP contribution in [0.5, 0.6) is 11.5 Å². The van der Waals surface area contributed by atoms with E-state index in [-0.39, 0.29) is 6.10 Å². The van der Waals surface area contributed by atoms with Gasteiger partial charge in [0.25, 0.3) is 0 Å². The number of fused-ring (bicyclic) bond motifs is 1. The minimum absolute atomic E-state index is 0.0609. The number of benzene rings is 1. The van der Waals surface area contributed by atoms with Gasteiger partial charge in [0.1, 0.15) is 18.5 Å². The van der Waals surface area contributed by atoms with E-state index in [0.717, 1.165) is 35.9 Å². The van der Waals surface area contributed by atoms with Crippen LogP contribution in [0.3, 0.4) is 0 Å². The maximum Gasteiger partial charge on any atom is 0.161 e. The van der Waals surface area contributed by atoms with E-state index >= 15 is 0 Å². The Morgan fingerprint density at radius 1 is 1.27 bits per heavy atom. The number of rotatable bonds is 4. The molecular formula is C16H15N3O2S. The van der Waals surface area contributed by atoms with Crippen molar-refractivity contribution >= 4 is 11.5 Å². The second kappa shape index (κ2) is 5.81. The Morgan fingerprint density at radius 3 is 3.05 bits per heavy atom. The second-order valence-electron chi connectivity index (χ2n) is 5.14. The van der Waals surface area contributed by atoms with Gasteiger partial charge in [0.05, 0.1) is 6.20 Å². The Bertz CT molecular complexity index is 754. The van der Waals surface area contributed by atoms with Crippen molar-refractivity contribution in [3.8, 4) is 22.9 Å². The molecule has 22 heavy (non-hydrogen) atoms. The standard InChI is InChI=1S/C16H15N3O2S/c1-2-4-15-14(3-1)20-10-13(21-15)5-7-19-8-6-17-16(19)12-9-18-22-11-12/h1-4,6,8-9,11,13H,5,7,10H2. The lowest BCUT2D eigenvalue weighted by atomic mass is 10.2. The highest BCUT2D eigenvalue weighted by molar-refractivity contribution is 7.03. The summed E-state index contributed by atoms with van der Waals surface area (Å²) in [5.41, 5.74) is 1.06. The molecule has 0 bridgehead atoms. The molecule has 5 nitrogen and oxygen atoms in total. The fourth-order valence-electron chi connectivity index (χ4n) is 2.55. The number of ether oxygens (including phenoxy) is 2. The van der Waals surface area contributed by atoms with Gasteiger partial charge in [0.2, 0.25) is 0 Å². The zero-order chi connectivity index (χ0) is 14.8. The number of hydrogen-bond donors (Lipinski definition) is 0. The lowest BCUT2D eigenvalue weighted by Crippen LogP contribution is -2.30. The molecular weight excluding hydrogens is 298 g/mol. The highest BCUT2D eigenvalue weighted by Gasteiger charge is 2.20. The maximum atomic E-state index is 5.99. The van der Waals surface area contributed by atoms with E-state index in [9.17, 15) is 0 Å². The third-order valence-electron chi connectivity index (χ3n) is 3.67. The molecule has 2 aromatic heterocycles. The molecule has 1 atom stereocenters. The summed E-state index contributed by atoms with van der Waals surface area (Å²) in [5.74, 6) is 2.60. The number of para-hydroxylation sites is 2. The molecule has 1 aliphatic heterocycles. The van der Waals surface area contributed by atoms with Crippen molar-refractivity contribution in [1.82, 2.24) is 13.9 Å². The van der Waals surface area contributed by atoms with E-state index in [1.807, 2.05) is 48.2 Å². The first-order valence-corrected chi connectivity index (χ1v) is 8.03. The van der Waals surface area contributed by atoms with Crippen LogP contribution in [0.15, 0.2) is 48.2 Å². The third kappa shape index (κ3) is 2.57. The molecule has 0 N–H and O–H groups in total. The minimum Gasteiger partial charge on any atom is -0.486 e. The van der Waals surface area contributed by atoms with E-state index in [4.69, 9.17) is 9.47 Å². The number of imidazole rings is 1. The number of aromatic nitrogens is 3. The Labute approximate surface area is 132 Å². The molecule has 1 unspecified atom stereocenters. The van der Waals surface area contributed by atoms with E-state index < -0.39 is 0 Å². The normalized spacial score (nSPS) is 16.6. The maximum absolute atomic E-state index is 5.99. The van der Waals surface area contributed by atoms with Gasteiger partial charge >= 0.3 is 0 Å². The second-order valence-corrected chi connectivity index (χ2v) is 5.80. The van der Waals surface area contributed by atoms with Crippen LogP contribution in [0, 0.1) is 0 Å². The largest absolute Gasteiger partial charge is 0.486 e. The number of aryl methyl sites for hydroxylation is 1. The Morgan fingerprint density at radius 2 is 2.18 bits per heavy atom. The van der Waals surface area contributed by atoms with E-state index in [0.29, 0.717) is 6.61 Å². The minimum atomic E-state index is 0.0609. The van der Waals surface area contributed by atoms with Crippen LogP contribution in [0.2, 0.25) is 0 Å². The van der Waals surface area contributed by atoms with Gasteiger partial charge in [0, 0.05) is 36.3 Å². The summed E-state index contributed by atoms with van der Waals surface area (Å²) < 4.78 is 18.0. The van der Waals surface area contributed by atoms with Gasteiger partial charge in [-0.05, 0) is 23.7 Å². The van der Waals surface area contributed by atoms with Gasteiger partial charge in [0.15, 0.2) is 11.5 Å². The first-order valence-electron chi connectivity index (χ1n) is 7.19. The average Bonchev–Trinajstić information content (AvgIpc) is 3.23. The van der Waals surface area contributed by atoms with Gasteiger partial charge in [-0.2, -0.15) is 0 Å². The first kappa shape index (κ1) is 13.3. The van der Waals surface area contributed by atoms with E-state index in [2.05, 4.69) is 13.9 Å². The molecule has 0 amide bonds. The molecule has 0 radical (unpaired) electrons. The summed E-state index contributed by atoms with van der Waals surface area (Å²) in [4.78, 5) is 4.42. The van der Waals surface area contributed by atoms with Crippen molar-refractivity contribution in [3.63, 3.8) is 0 Å². The fraction of sp³-hybridized carbons (Fsp3) is 0.250. The molecule has 3 heterocycles. The van der Waals surface area contributed by atoms with Crippen LogP contribution in [0.1, 0.15) is 6.42 Å². The molecule has 0 aliphatic carbocycles. The fourth-order valence-corrected chi connectivity index (χ4v) is 3.07. The molecule has 0 saturated heterocycles. The summed E-state index contributed by atoms with van der Waals surface area (Å²) in [6.45, 7) is 1.42. The topological polar surface area (TPSA) is 49.2 Å². The van der Waals surface area contributed by atoms with Crippen molar-refractivity contribution in [2.75, 3.05) is 6.61 Å². The van der Waals surface area contributed by atoms with Crippen LogP contribution in [-0.4, -0.2) is 26.6 Å². The summed E-state index contributed by atoms with van der Waals surface area (Å²) >= 11 is 1.44. The van der Waals surface area contributed by atoms with Crippen LogP contribution in [0.4, 0.5) is 0 Å². The van der Waals surface area contributed by atoms with E-state index in [1.165, 1.54) is 11.5 Å². The van der Waals surface area contributed by atoms with Gasteiger partial charge in [-0.1, -0.05) is 12.1 Å². The highest BCUT2D eigenvalue weighted by Crippen LogP contribution is 2.31. The molecule has 1 aliphatic rings. The Kier molecular flexibility index (Phi) is 3.52. The predicted octanol–water partition coefficient (Wildman–Crippen LogP) is 3.24. The van der Waals surface area contributed by atoms with Crippen molar-refractivity contribution in [2.24, 2.45) is 0 Å². The first-order chi connectivity index (χ1) is 10.9. The highest BCUT2D eigenvalue weighted by atomic mass is 32.1. The lowest BCUT2D eigenvalue weighted by Gasteiger charge is -2.26. The zero-order valence-corrected chi connectivity index (χ0v) is 12.7. The Hall–Kier alpha value is -2.34. The van der Waals surface area contributed by atoms with Crippen LogP contribution >= 0.6 is 11.5 Å². The van der Waals surface area contributed by atoms with Crippen LogP contribution in [-0.2, 0) is 6.54 Å². The van der Waals surface area contributed by atoms with Crippen molar-refractivity contribution in [2.45, 2.75) is 19.1 Å². The van der Waals surface area contributed by atoms with E-state index in [1.54, 1.807) is 0 Å². The molecule has 3 aromatic rings. The summed E-state index contributed by atoms with van der Waals surface area (Å²) in [7, 11) is 0. The quantitative estimate of drug-likeness (QED) is 0.742. The van der Waals surface area contributed by atoms with Crippen molar-refractivity contribution in [3.05, 3.63) is 48.2 Å². The third-order valence-corrected chi connectivity index (χ3v) is 4.25. The molecule has 4 rings (SSSR count). The molecule has 0 fully saturated rings. The number of nitrogens with zero attached hydrogens (tertiary/aromatic N) is 3. The van der Waals surface area contributed by atoms with Gasteiger partial charge in [-0.3, -0.25) is 0 Å². The van der Waals surface area contributed by atoms with Crippen molar-refractivity contribution < 1.29 is 9.47 Å². The molecule has 6 heteroatoms. The molecule has 0 saturated carbocycles.